The van der Waals surface area contributed by atoms with Gasteiger partial charge in [0.25, 0.3) is 0 Å². The smallest absolute Gasteiger partial charge is 0.235 e. The summed E-state index contributed by atoms with van der Waals surface area (Å²) in [5, 5.41) is 4.41. The highest BCUT2D eigenvalue weighted by Gasteiger charge is 2.10. The Balaban J connectivity index is 2.49. The van der Waals surface area contributed by atoms with Crippen molar-refractivity contribution in [3.8, 4) is 11.8 Å². The van der Waals surface area contributed by atoms with Crippen LogP contribution in [-0.2, 0) is 21.2 Å². The summed E-state index contributed by atoms with van der Waals surface area (Å²) in [5.41, 5.74) is 6.10. The van der Waals surface area contributed by atoms with Gasteiger partial charge in [0.2, 0.25) is 5.91 Å². The predicted octanol–water partition coefficient (Wildman–Crippen LogP) is -0.281. The molecule has 1 aromatic rings. The van der Waals surface area contributed by atoms with Crippen molar-refractivity contribution in [2.24, 2.45) is 5.73 Å². The van der Waals surface area contributed by atoms with E-state index in [1.54, 1.807) is 0 Å². The molecule has 0 radical (unpaired) electrons. The standard InChI is InChI=1S/C11H14N2O3S2/c1-18(15,16)8-11(14)13-6-10-5-9(7-17-10)3-2-4-12/h5,7H,4,6,8,12H2,1H3,(H,13,14). The summed E-state index contributed by atoms with van der Waals surface area (Å²) in [6.45, 7) is 0.611. The zero-order chi connectivity index (χ0) is 13.6. The quantitative estimate of drug-likeness (QED) is 0.745. The van der Waals surface area contributed by atoms with Crippen molar-refractivity contribution in [1.82, 2.24) is 5.32 Å². The first-order valence-corrected chi connectivity index (χ1v) is 8.05. The van der Waals surface area contributed by atoms with Gasteiger partial charge in [0.15, 0.2) is 9.84 Å². The number of carbonyl (C=O) groups excluding carboxylic acids is 1. The van der Waals surface area contributed by atoms with Crippen molar-refractivity contribution < 1.29 is 13.2 Å². The molecule has 0 aliphatic rings. The molecule has 0 aromatic carbocycles. The predicted molar refractivity (Wildman–Crippen MR) is 71.8 cm³/mol. The normalized spacial score (nSPS) is 10.6. The van der Waals surface area contributed by atoms with Crippen molar-refractivity contribution in [3.63, 3.8) is 0 Å². The molecule has 0 saturated heterocycles. The lowest BCUT2D eigenvalue weighted by Crippen LogP contribution is -2.29. The maximum atomic E-state index is 11.3. The zero-order valence-electron chi connectivity index (χ0n) is 9.89. The molecule has 0 saturated carbocycles. The van der Waals surface area contributed by atoms with Gasteiger partial charge in [-0.15, -0.1) is 11.3 Å². The number of amides is 1. The second-order valence-corrected chi connectivity index (χ2v) is 6.79. The molecule has 0 fully saturated rings. The van der Waals surface area contributed by atoms with Gasteiger partial charge in [-0.2, -0.15) is 0 Å². The summed E-state index contributed by atoms with van der Waals surface area (Å²) in [6.07, 6.45) is 1.03. The lowest BCUT2D eigenvalue weighted by molar-refractivity contribution is -0.118. The number of hydrogen-bond acceptors (Lipinski definition) is 5. The number of nitrogens with two attached hydrogens (primary N) is 1. The number of sulfone groups is 1. The van der Waals surface area contributed by atoms with Gasteiger partial charge in [-0.3, -0.25) is 4.79 Å². The summed E-state index contributed by atoms with van der Waals surface area (Å²) < 4.78 is 21.8. The Morgan fingerprint density at radius 1 is 1.56 bits per heavy atom. The number of thiophene rings is 1. The molecule has 0 aliphatic heterocycles. The van der Waals surface area contributed by atoms with Gasteiger partial charge in [-0.25, -0.2) is 8.42 Å². The van der Waals surface area contributed by atoms with E-state index in [1.807, 2.05) is 11.4 Å². The average molecular weight is 286 g/mol. The third kappa shape index (κ3) is 5.82. The van der Waals surface area contributed by atoms with Crippen LogP contribution in [0.3, 0.4) is 0 Å². The van der Waals surface area contributed by atoms with E-state index in [-0.39, 0.29) is 0 Å². The summed E-state index contributed by atoms with van der Waals surface area (Å²) in [4.78, 5) is 12.2. The van der Waals surface area contributed by atoms with Crippen LogP contribution < -0.4 is 11.1 Å². The first-order valence-electron chi connectivity index (χ1n) is 5.11. The topological polar surface area (TPSA) is 89.3 Å². The summed E-state index contributed by atoms with van der Waals surface area (Å²) in [7, 11) is -3.28. The van der Waals surface area contributed by atoms with Gasteiger partial charge >= 0.3 is 0 Å². The Morgan fingerprint density at radius 3 is 2.89 bits per heavy atom. The SMILES string of the molecule is CS(=O)(=O)CC(=O)NCc1cc(C#CCN)cs1. The second kappa shape index (κ2) is 6.54. The van der Waals surface area contributed by atoms with Crippen molar-refractivity contribution in [3.05, 3.63) is 21.9 Å². The van der Waals surface area contributed by atoms with E-state index in [4.69, 9.17) is 5.73 Å². The van der Waals surface area contributed by atoms with E-state index in [1.165, 1.54) is 11.3 Å². The molecule has 1 amide bonds. The van der Waals surface area contributed by atoms with Crippen LogP contribution in [-0.4, -0.2) is 32.9 Å². The van der Waals surface area contributed by atoms with Crippen LogP contribution in [0.4, 0.5) is 0 Å². The molecule has 5 nitrogen and oxygen atoms in total. The van der Waals surface area contributed by atoms with Crippen molar-refractivity contribution in [1.29, 1.82) is 0 Å². The van der Waals surface area contributed by atoms with Crippen molar-refractivity contribution >= 4 is 27.1 Å². The molecule has 18 heavy (non-hydrogen) atoms. The molecule has 0 aliphatic carbocycles. The van der Waals surface area contributed by atoms with Crippen LogP contribution >= 0.6 is 11.3 Å². The molecule has 0 atom stereocenters. The van der Waals surface area contributed by atoms with E-state index < -0.39 is 21.5 Å². The number of rotatable bonds is 4. The molecule has 0 bridgehead atoms. The van der Waals surface area contributed by atoms with Gasteiger partial charge in [-0.05, 0) is 6.07 Å². The third-order valence-electron chi connectivity index (χ3n) is 1.84. The van der Waals surface area contributed by atoms with Gasteiger partial charge in [0.1, 0.15) is 5.75 Å². The largest absolute Gasteiger partial charge is 0.350 e. The molecular formula is C11H14N2O3S2. The molecule has 1 heterocycles. The highest BCUT2D eigenvalue weighted by molar-refractivity contribution is 7.91. The van der Waals surface area contributed by atoms with Crippen LogP contribution in [0, 0.1) is 11.8 Å². The van der Waals surface area contributed by atoms with Gasteiger partial charge in [0, 0.05) is 22.1 Å². The summed E-state index contributed by atoms with van der Waals surface area (Å²) in [6, 6.07) is 1.84. The Kier molecular flexibility index (Phi) is 5.34. The van der Waals surface area contributed by atoms with Crippen LogP contribution in [0.15, 0.2) is 11.4 Å². The Labute approximate surface area is 110 Å². The molecule has 0 unspecified atom stereocenters. The lowest BCUT2D eigenvalue weighted by atomic mass is 10.3. The minimum Gasteiger partial charge on any atom is -0.350 e. The molecule has 1 rings (SSSR count). The Bertz CT molecular complexity index is 579. The van der Waals surface area contributed by atoms with E-state index in [0.717, 1.165) is 16.7 Å². The number of hydrogen-bond donors (Lipinski definition) is 2. The van der Waals surface area contributed by atoms with E-state index >= 15 is 0 Å². The van der Waals surface area contributed by atoms with Crippen molar-refractivity contribution in [2.75, 3.05) is 18.6 Å². The van der Waals surface area contributed by atoms with Crippen LogP contribution in [0.25, 0.3) is 0 Å². The van der Waals surface area contributed by atoms with Gasteiger partial charge in [-0.1, -0.05) is 11.8 Å². The molecular weight excluding hydrogens is 272 g/mol. The van der Waals surface area contributed by atoms with E-state index in [9.17, 15) is 13.2 Å². The Hall–Kier alpha value is -1.36. The first kappa shape index (κ1) is 14.7. The minimum absolute atomic E-state index is 0.302. The molecule has 1 aromatic heterocycles. The Morgan fingerprint density at radius 2 is 2.28 bits per heavy atom. The lowest BCUT2D eigenvalue weighted by Gasteiger charge is -2.01. The average Bonchev–Trinajstić information content (AvgIpc) is 2.69. The zero-order valence-corrected chi connectivity index (χ0v) is 11.5. The summed E-state index contributed by atoms with van der Waals surface area (Å²) in [5.74, 6) is 4.62. The maximum absolute atomic E-state index is 11.3. The second-order valence-electron chi connectivity index (χ2n) is 3.65. The van der Waals surface area contributed by atoms with Crippen LogP contribution in [0.2, 0.25) is 0 Å². The monoisotopic (exact) mass is 286 g/mol. The number of nitrogens with one attached hydrogen (secondary N) is 1. The fourth-order valence-corrected chi connectivity index (χ4v) is 2.50. The fraction of sp³-hybridized carbons (Fsp3) is 0.364. The third-order valence-corrected chi connectivity index (χ3v) is 3.56. The van der Waals surface area contributed by atoms with Crippen molar-refractivity contribution in [2.45, 2.75) is 6.54 Å². The van der Waals surface area contributed by atoms with Gasteiger partial charge < -0.3 is 11.1 Å². The van der Waals surface area contributed by atoms with Crippen LogP contribution in [0.5, 0.6) is 0 Å². The first-order chi connectivity index (χ1) is 8.40. The van der Waals surface area contributed by atoms with E-state index in [2.05, 4.69) is 17.2 Å². The van der Waals surface area contributed by atoms with E-state index in [0.29, 0.717) is 13.1 Å². The molecule has 3 N–H and O–H groups in total. The highest BCUT2D eigenvalue weighted by atomic mass is 32.2. The summed E-state index contributed by atoms with van der Waals surface area (Å²) >= 11 is 1.45. The van der Waals surface area contributed by atoms with Gasteiger partial charge in [0.05, 0.1) is 13.1 Å². The maximum Gasteiger partial charge on any atom is 0.235 e. The highest BCUT2D eigenvalue weighted by Crippen LogP contribution is 2.13. The number of carbonyl (C=O) groups is 1. The molecule has 7 heteroatoms. The molecule has 0 spiro atoms. The minimum atomic E-state index is -3.28. The van der Waals surface area contributed by atoms with Crippen LogP contribution in [0.1, 0.15) is 10.4 Å². The fourth-order valence-electron chi connectivity index (χ4n) is 1.17. The molecule has 98 valence electrons.